The van der Waals surface area contributed by atoms with E-state index in [0.29, 0.717) is 17.5 Å². The normalized spacial score (nSPS) is 11.6. The Kier molecular flexibility index (Phi) is 5.78. The molecule has 0 saturated carbocycles. The molecular weight excluding hydrogens is 550 g/mol. The summed E-state index contributed by atoms with van der Waals surface area (Å²) in [6.45, 7) is 0. The van der Waals surface area contributed by atoms with Gasteiger partial charge in [0, 0.05) is 27.6 Å². The highest BCUT2D eigenvalue weighted by Crippen LogP contribution is 2.40. The van der Waals surface area contributed by atoms with Gasteiger partial charge in [0.05, 0.1) is 0 Å². The van der Waals surface area contributed by atoms with Gasteiger partial charge in [-0.15, -0.1) is 0 Å². The van der Waals surface area contributed by atoms with Gasteiger partial charge >= 0.3 is 0 Å². The molecular formula is C41H25N3O. The van der Waals surface area contributed by atoms with E-state index in [-0.39, 0.29) is 0 Å². The van der Waals surface area contributed by atoms with Crippen LogP contribution in [0.3, 0.4) is 0 Å². The van der Waals surface area contributed by atoms with Crippen LogP contribution in [0.15, 0.2) is 156 Å². The number of fused-ring (bicyclic) bond motifs is 5. The third-order valence-electron chi connectivity index (χ3n) is 8.52. The maximum atomic E-state index is 6.33. The van der Waals surface area contributed by atoms with E-state index >= 15 is 0 Å². The van der Waals surface area contributed by atoms with Crippen molar-refractivity contribution in [3.8, 4) is 45.5 Å². The van der Waals surface area contributed by atoms with Crippen molar-refractivity contribution in [1.82, 2.24) is 15.0 Å². The number of furan rings is 1. The Bertz CT molecular complexity index is 2520. The van der Waals surface area contributed by atoms with Crippen LogP contribution in [-0.2, 0) is 0 Å². The Labute approximate surface area is 259 Å². The standard InChI is InChI=1S/C41H25N3O/c1-2-13-27(14-3-1)39-42-40(34-20-10-9-19-32(34)37-25-29-16-6-11-21-36(29)45-37)44-41(43-39)38-31-18-8-5-15-28(31)24-35-30-17-7-4-12-26(30)22-23-33(35)38/h1-25H. The predicted octanol–water partition coefficient (Wildman–Crippen LogP) is 10.7. The zero-order valence-electron chi connectivity index (χ0n) is 24.2. The molecule has 2 heterocycles. The number of benzene rings is 7. The average Bonchev–Trinajstić information content (AvgIpc) is 3.55. The molecule has 0 N–H and O–H groups in total. The molecule has 0 spiro atoms. The summed E-state index contributed by atoms with van der Waals surface area (Å²) >= 11 is 0. The third kappa shape index (κ3) is 4.27. The summed E-state index contributed by atoms with van der Waals surface area (Å²) in [4.78, 5) is 15.5. The van der Waals surface area contributed by atoms with Crippen molar-refractivity contribution in [3.63, 3.8) is 0 Å². The first-order valence-electron chi connectivity index (χ1n) is 15.0. The third-order valence-corrected chi connectivity index (χ3v) is 8.52. The molecule has 0 amide bonds. The summed E-state index contributed by atoms with van der Waals surface area (Å²) in [6, 6.07) is 52.1. The van der Waals surface area contributed by atoms with Crippen LogP contribution in [0.25, 0.3) is 88.8 Å². The summed E-state index contributed by atoms with van der Waals surface area (Å²) in [5, 5.41) is 7.98. The largest absolute Gasteiger partial charge is 0.456 e. The molecule has 0 unspecified atom stereocenters. The molecule has 0 aliphatic heterocycles. The molecule has 0 fully saturated rings. The van der Waals surface area contributed by atoms with Gasteiger partial charge in [-0.25, -0.2) is 15.0 Å². The molecule has 4 nitrogen and oxygen atoms in total. The number of hydrogen-bond acceptors (Lipinski definition) is 4. The molecule has 45 heavy (non-hydrogen) atoms. The number of para-hydroxylation sites is 1. The van der Waals surface area contributed by atoms with Crippen molar-refractivity contribution in [1.29, 1.82) is 0 Å². The number of hydrogen-bond donors (Lipinski definition) is 0. The Morgan fingerprint density at radius 1 is 0.378 bits per heavy atom. The van der Waals surface area contributed by atoms with Gasteiger partial charge < -0.3 is 4.42 Å². The lowest BCUT2D eigenvalue weighted by molar-refractivity contribution is 0.631. The van der Waals surface area contributed by atoms with E-state index in [1.54, 1.807) is 0 Å². The Morgan fingerprint density at radius 2 is 1.02 bits per heavy atom. The minimum absolute atomic E-state index is 0.594. The summed E-state index contributed by atoms with van der Waals surface area (Å²) < 4.78 is 6.33. The Morgan fingerprint density at radius 3 is 1.87 bits per heavy atom. The summed E-state index contributed by atoms with van der Waals surface area (Å²) in [6.07, 6.45) is 0. The van der Waals surface area contributed by atoms with Crippen LogP contribution in [0.5, 0.6) is 0 Å². The van der Waals surface area contributed by atoms with E-state index in [9.17, 15) is 0 Å². The van der Waals surface area contributed by atoms with Gasteiger partial charge in [0.25, 0.3) is 0 Å². The van der Waals surface area contributed by atoms with E-state index in [1.807, 2.05) is 60.7 Å². The van der Waals surface area contributed by atoms with Gasteiger partial charge in [0.1, 0.15) is 11.3 Å². The molecule has 0 bridgehead atoms. The minimum Gasteiger partial charge on any atom is -0.456 e. The van der Waals surface area contributed by atoms with Crippen LogP contribution in [0.1, 0.15) is 0 Å². The van der Waals surface area contributed by atoms with Crippen molar-refractivity contribution < 1.29 is 4.42 Å². The number of nitrogens with zero attached hydrogens (tertiary/aromatic N) is 3. The molecule has 4 heteroatoms. The van der Waals surface area contributed by atoms with Crippen molar-refractivity contribution in [3.05, 3.63) is 152 Å². The van der Waals surface area contributed by atoms with Gasteiger partial charge in [-0.2, -0.15) is 0 Å². The van der Waals surface area contributed by atoms with Gasteiger partial charge in [0.15, 0.2) is 17.5 Å². The maximum absolute atomic E-state index is 6.33. The van der Waals surface area contributed by atoms with Gasteiger partial charge in [-0.05, 0) is 50.5 Å². The fourth-order valence-corrected chi connectivity index (χ4v) is 6.39. The van der Waals surface area contributed by atoms with Crippen molar-refractivity contribution in [2.75, 3.05) is 0 Å². The molecule has 210 valence electrons. The van der Waals surface area contributed by atoms with Crippen LogP contribution in [0.2, 0.25) is 0 Å². The van der Waals surface area contributed by atoms with E-state index in [0.717, 1.165) is 55.1 Å². The molecule has 0 atom stereocenters. The highest BCUT2D eigenvalue weighted by atomic mass is 16.3. The first-order valence-corrected chi connectivity index (χ1v) is 15.0. The summed E-state index contributed by atoms with van der Waals surface area (Å²) in [5.41, 5.74) is 4.58. The first-order chi connectivity index (χ1) is 22.3. The lowest BCUT2D eigenvalue weighted by atomic mass is 9.93. The lowest BCUT2D eigenvalue weighted by Gasteiger charge is -2.15. The zero-order valence-corrected chi connectivity index (χ0v) is 24.2. The number of rotatable bonds is 4. The molecule has 0 aliphatic carbocycles. The molecule has 0 aliphatic rings. The highest BCUT2D eigenvalue weighted by Gasteiger charge is 2.20. The van der Waals surface area contributed by atoms with E-state index in [2.05, 4.69) is 91.0 Å². The molecule has 9 aromatic rings. The Hall–Kier alpha value is -6.13. The maximum Gasteiger partial charge on any atom is 0.165 e. The molecule has 0 saturated heterocycles. The van der Waals surface area contributed by atoms with E-state index in [1.165, 1.54) is 16.2 Å². The van der Waals surface area contributed by atoms with Crippen LogP contribution in [-0.4, -0.2) is 15.0 Å². The summed E-state index contributed by atoms with van der Waals surface area (Å²) in [7, 11) is 0. The fourth-order valence-electron chi connectivity index (χ4n) is 6.39. The topological polar surface area (TPSA) is 51.8 Å². The molecule has 9 rings (SSSR count). The average molecular weight is 576 g/mol. The Balaban J connectivity index is 1.36. The SMILES string of the molecule is c1ccc(-c2nc(-c3ccccc3-c3cc4ccccc4o3)nc(-c3c4ccccc4cc4c3ccc3ccccc34)n2)cc1. The van der Waals surface area contributed by atoms with Crippen molar-refractivity contribution >= 4 is 43.3 Å². The molecule has 2 aromatic heterocycles. The lowest BCUT2D eigenvalue weighted by Crippen LogP contribution is -2.02. The second kappa shape index (κ2) is 10.2. The highest BCUT2D eigenvalue weighted by molar-refractivity contribution is 6.19. The smallest absolute Gasteiger partial charge is 0.165 e. The van der Waals surface area contributed by atoms with Gasteiger partial charge in [-0.1, -0.05) is 133 Å². The van der Waals surface area contributed by atoms with E-state index < -0.39 is 0 Å². The number of aromatic nitrogens is 3. The van der Waals surface area contributed by atoms with Gasteiger partial charge in [0.2, 0.25) is 0 Å². The fraction of sp³-hybridized carbons (Fsp3) is 0. The predicted molar refractivity (Wildman–Crippen MR) is 184 cm³/mol. The monoisotopic (exact) mass is 575 g/mol. The van der Waals surface area contributed by atoms with Crippen molar-refractivity contribution in [2.45, 2.75) is 0 Å². The van der Waals surface area contributed by atoms with Gasteiger partial charge in [-0.3, -0.25) is 0 Å². The second-order valence-electron chi connectivity index (χ2n) is 11.2. The van der Waals surface area contributed by atoms with Crippen molar-refractivity contribution in [2.24, 2.45) is 0 Å². The quantitative estimate of drug-likeness (QED) is 0.155. The zero-order chi connectivity index (χ0) is 29.7. The van der Waals surface area contributed by atoms with Crippen LogP contribution >= 0.6 is 0 Å². The summed E-state index contributed by atoms with van der Waals surface area (Å²) in [5.74, 6) is 2.63. The second-order valence-corrected chi connectivity index (χ2v) is 11.2. The van der Waals surface area contributed by atoms with Crippen LogP contribution in [0, 0.1) is 0 Å². The van der Waals surface area contributed by atoms with E-state index in [4.69, 9.17) is 19.4 Å². The molecule has 7 aromatic carbocycles. The van der Waals surface area contributed by atoms with Crippen LogP contribution in [0.4, 0.5) is 0 Å². The minimum atomic E-state index is 0.594. The first kappa shape index (κ1) is 25.4. The molecule has 0 radical (unpaired) electrons. The van der Waals surface area contributed by atoms with Crippen LogP contribution < -0.4 is 0 Å².